The Balaban J connectivity index is 2.39. The van der Waals surface area contributed by atoms with Crippen LogP contribution in [-0.4, -0.2) is 23.8 Å². The van der Waals surface area contributed by atoms with E-state index in [0.29, 0.717) is 6.42 Å². The summed E-state index contributed by atoms with van der Waals surface area (Å²) in [5, 5.41) is 9.51. The molecule has 0 aliphatic rings. The number of carbonyl (C=O) groups excluding carboxylic acids is 1. The van der Waals surface area contributed by atoms with Crippen LogP contribution in [0.25, 0.3) is 0 Å². The highest BCUT2D eigenvalue weighted by Crippen LogP contribution is 2.06. The number of rotatable bonds is 5. The van der Waals surface area contributed by atoms with Gasteiger partial charge in [0.25, 0.3) is 0 Å². The molecule has 0 fully saturated rings. The van der Waals surface area contributed by atoms with Gasteiger partial charge in [-0.25, -0.2) is 9.18 Å². The van der Waals surface area contributed by atoms with E-state index in [4.69, 9.17) is 0 Å². The van der Waals surface area contributed by atoms with Gasteiger partial charge in [0.2, 0.25) is 0 Å². The Hall–Kier alpha value is -1.68. The van der Waals surface area contributed by atoms with E-state index in [-0.39, 0.29) is 12.4 Å². The van der Waals surface area contributed by atoms with Crippen molar-refractivity contribution in [2.24, 2.45) is 0 Å². The van der Waals surface area contributed by atoms with Crippen LogP contribution >= 0.6 is 0 Å². The fourth-order valence-corrected chi connectivity index (χ4v) is 1.19. The van der Waals surface area contributed by atoms with Crippen molar-refractivity contribution in [3.05, 3.63) is 48.3 Å². The van der Waals surface area contributed by atoms with Crippen LogP contribution in [-0.2, 0) is 16.0 Å². The second-order valence-electron chi connectivity index (χ2n) is 3.32. The van der Waals surface area contributed by atoms with Crippen LogP contribution in [0, 0.1) is 5.82 Å². The Morgan fingerprint density at radius 2 is 2.12 bits per heavy atom. The smallest absolute Gasteiger partial charge is 0.330 e. The molecule has 0 amide bonds. The van der Waals surface area contributed by atoms with Gasteiger partial charge >= 0.3 is 5.97 Å². The lowest BCUT2D eigenvalue weighted by Gasteiger charge is -2.10. The van der Waals surface area contributed by atoms with Gasteiger partial charge in [-0.3, -0.25) is 0 Å². The van der Waals surface area contributed by atoms with Gasteiger partial charge in [-0.2, -0.15) is 0 Å². The van der Waals surface area contributed by atoms with Crippen LogP contribution in [0.2, 0.25) is 0 Å². The van der Waals surface area contributed by atoms with Crippen LogP contribution in [0.5, 0.6) is 0 Å². The van der Waals surface area contributed by atoms with Gasteiger partial charge in [-0.1, -0.05) is 18.7 Å². The number of carbonyl (C=O) groups is 1. The Labute approximate surface area is 93.2 Å². The number of hydrogen-bond acceptors (Lipinski definition) is 3. The van der Waals surface area contributed by atoms with Crippen LogP contribution in [0.4, 0.5) is 4.39 Å². The quantitative estimate of drug-likeness (QED) is 0.608. The van der Waals surface area contributed by atoms with E-state index in [0.717, 1.165) is 11.6 Å². The molecule has 0 heterocycles. The minimum atomic E-state index is -0.797. The first kappa shape index (κ1) is 12.4. The average molecular weight is 224 g/mol. The van der Waals surface area contributed by atoms with Gasteiger partial charge in [0.05, 0.1) is 6.10 Å². The molecule has 0 radical (unpaired) electrons. The molecule has 0 bridgehead atoms. The van der Waals surface area contributed by atoms with Crippen molar-refractivity contribution in [3.8, 4) is 0 Å². The third kappa shape index (κ3) is 4.23. The monoisotopic (exact) mass is 224 g/mol. The second-order valence-corrected chi connectivity index (χ2v) is 3.32. The maximum absolute atomic E-state index is 12.6. The summed E-state index contributed by atoms with van der Waals surface area (Å²) in [5.41, 5.74) is 0.781. The number of aliphatic hydroxyl groups excluding tert-OH is 1. The predicted molar refractivity (Wildman–Crippen MR) is 57.3 cm³/mol. The highest BCUT2D eigenvalue weighted by Gasteiger charge is 2.07. The van der Waals surface area contributed by atoms with E-state index in [1.807, 2.05) is 0 Å². The van der Waals surface area contributed by atoms with Crippen molar-refractivity contribution in [2.45, 2.75) is 12.5 Å². The van der Waals surface area contributed by atoms with E-state index in [9.17, 15) is 14.3 Å². The molecule has 0 spiro atoms. The molecule has 1 atom stereocenters. The molecule has 16 heavy (non-hydrogen) atoms. The van der Waals surface area contributed by atoms with Crippen molar-refractivity contribution in [1.82, 2.24) is 0 Å². The molecular formula is C12H13FO3. The Morgan fingerprint density at radius 1 is 1.50 bits per heavy atom. The first-order chi connectivity index (χ1) is 7.61. The number of esters is 1. The maximum atomic E-state index is 12.6. The molecule has 1 rings (SSSR count). The number of halogens is 1. The van der Waals surface area contributed by atoms with Crippen molar-refractivity contribution >= 4 is 5.97 Å². The molecule has 0 aliphatic heterocycles. The Morgan fingerprint density at radius 3 is 2.69 bits per heavy atom. The van der Waals surface area contributed by atoms with E-state index >= 15 is 0 Å². The standard InChI is InChI=1S/C12H13FO3/c1-2-12(15)16-8-11(14)7-9-3-5-10(13)6-4-9/h2-6,11,14H,1,7-8H2. The molecule has 1 N–H and O–H groups in total. The molecule has 1 unspecified atom stereocenters. The van der Waals surface area contributed by atoms with Gasteiger partial charge in [0.15, 0.2) is 0 Å². The van der Waals surface area contributed by atoms with E-state index in [1.165, 1.54) is 12.1 Å². The highest BCUT2D eigenvalue weighted by molar-refractivity contribution is 5.81. The highest BCUT2D eigenvalue weighted by atomic mass is 19.1. The number of benzene rings is 1. The minimum Gasteiger partial charge on any atom is -0.460 e. The lowest BCUT2D eigenvalue weighted by Crippen LogP contribution is -2.20. The SMILES string of the molecule is C=CC(=O)OCC(O)Cc1ccc(F)cc1. The summed E-state index contributed by atoms with van der Waals surface area (Å²) >= 11 is 0. The molecule has 0 aliphatic carbocycles. The lowest BCUT2D eigenvalue weighted by molar-refractivity contribution is -0.140. The number of hydrogen-bond donors (Lipinski definition) is 1. The van der Waals surface area contributed by atoms with Crippen LogP contribution in [0.3, 0.4) is 0 Å². The van der Waals surface area contributed by atoms with Gasteiger partial charge in [-0.05, 0) is 17.7 Å². The van der Waals surface area contributed by atoms with Crippen LogP contribution < -0.4 is 0 Å². The molecular weight excluding hydrogens is 211 g/mol. The van der Waals surface area contributed by atoms with Crippen molar-refractivity contribution < 1.29 is 19.0 Å². The molecule has 86 valence electrons. The zero-order chi connectivity index (χ0) is 12.0. The first-order valence-electron chi connectivity index (χ1n) is 4.83. The largest absolute Gasteiger partial charge is 0.460 e. The summed E-state index contributed by atoms with van der Waals surface area (Å²) in [5.74, 6) is -0.894. The first-order valence-corrected chi connectivity index (χ1v) is 4.83. The molecule has 4 heteroatoms. The summed E-state index contributed by atoms with van der Waals surface area (Å²) < 4.78 is 17.2. The molecule has 3 nitrogen and oxygen atoms in total. The summed E-state index contributed by atoms with van der Waals surface area (Å²) in [6.45, 7) is 3.14. The zero-order valence-corrected chi connectivity index (χ0v) is 8.73. The summed E-state index contributed by atoms with van der Waals surface area (Å²) in [6, 6.07) is 5.79. The zero-order valence-electron chi connectivity index (χ0n) is 8.73. The fraction of sp³-hybridized carbons (Fsp3) is 0.250. The third-order valence-corrected chi connectivity index (χ3v) is 1.97. The number of aliphatic hydroxyl groups is 1. The third-order valence-electron chi connectivity index (χ3n) is 1.97. The number of ether oxygens (including phenoxy) is 1. The van der Waals surface area contributed by atoms with Gasteiger partial charge in [-0.15, -0.1) is 0 Å². The average Bonchev–Trinajstić information content (AvgIpc) is 2.29. The maximum Gasteiger partial charge on any atom is 0.330 e. The van der Waals surface area contributed by atoms with E-state index in [1.54, 1.807) is 12.1 Å². The predicted octanol–water partition coefficient (Wildman–Crippen LogP) is 1.46. The van der Waals surface area contributed by atoms with Crippen molar-refractivity contribution in [2.75, 3.05) is 6.61 Å². The summed E-state index contributed by atoms with van der Waals surface area (Å²) in [6.07, 6.45) is 0.546. The van der Waals surface area contributed by atoms with Gasteiger partial charge in [0.1, 0.15) is 12.4 Å². The normalized spacial score (nSPS) is 11.9. The summed E-state index contributed by atoms with van der Waals surface area (Å²) in [4.78, 5) is 10.7. The van der Waals surface area contributed by atoms with Gasteiger partial charge in [0, 0.05) is 12.5 Å². The topological polar surface area (TPSA) is 46.5 Å². The Bertz CT molecular complexity index is 359. The van der Waals surface area contributed by atoms with E-state index < -0.39 is 12.1 Å². The molecule has 1 aromatic rings. The van der Waals surface area contributed by atoms with Crippen molar-refractivity contribution in [1.29, 1.82) is 0 Å². The lowest BCUT2D eigenvalue weighted by atomic mass is 10.1. The Kier molecular flexibility index (Phi) is 4.66. The van der Waals surface area contributed by atoms with Crippen molar-refractivity contribution in [3.63, 3.8) is 0 Å². The molecule has 0 saturated carbocycles. The second kappa shape index (κ2) is 6.02. The van der Waals surface area contributed by atoms with Crippen LogP contribution in [0.15, 0.2) is 36.9 Å². The minimum absolute atomic E-state index is 0.0950. The fourth-order valence-electron chi connectivity index (χ4n) is 1.19. The molecule has 0 saturated heterocycles. The molecule has 0 aromatic heterocycles. The van der Waals surface area contributed by atoms with Gasteiger partial charge < -0.3 is 9.84 Å². The van der Waals surface area contributed by atoms with Crippen LogP contribution in [0.1, 0.15) is 5.56 Å². The molecule has 1 aromatic carbocycles. The van der Waals surface area contributed by atoms with E-state index in [2.05, 4.69) is 11.3 Å². The summed E-state index contributed by atoms with van der Waals surface area (Å²) in [7, 11) is 0.